The average molecular weight is 401 g/mol. The van der Waals surface area contributed by atoms with Gasteiger partial charge >= 0.3 is 0 Å². The molecule has 7 heteroatoms. The van der Waals surface area contributed by atoms with Crippen LogP contribution < -0.4 is 15.8 Å². The van der Waals surface area contributed by atoms with Gasteiger partial charge < -0.3 is 15.8 Å². The number of nitrogens with one attached hydrogen (secondary N) is 1. The van der Waals surface area contributed by atoms with E-state index in [-0.39, 0.29) is 5.91 Å². The molecular weight excluding hydrogens is 390 g/mol. The summed E-state index contributed by atoms with van der Waals surface area (Å²) in [5.41, 5.74) is 6.57. The molecule has 20 heavy (non-hydrogen) atoms. The number of anilines is 2. The van der Waals surface area contributed by atoms with Crippen LogP contribution >= 0.6 is 31.9 Å². The number of carbonyl (C=O) groups is 1. The lowest BCUT2D eigenvalue weighted by Gasteiger charge is -2.09. The van der Waals surface area contributed by atoms with Crippen molar-refractivity contribution in [1.82, 2.24) is 4.98 Å². The molecule has 0 bridgehead atoms. The zero-order valence-electron chi connectivity index (χ0n) is 10.5. The van der Waals surface area contributed by atoms with Gasteiger partial charge in [-0.15, -0.1) is 0 Å². The third kappa shape index (κ3) is 3.29. The van der Waals surface area contributed by atoms with E-state index in [1.807, 2.05) is 0 Å². The Morgan fingerprint density at radius 3 is 2.70 bits per heavy atom. The number of halogens is 2. The maximum atomic E-state index is 12.3. The summed E-state index contributed by atoms with van der Waals surface area (Å²) >= 11 is 6.64. The van der Waals surface area contributed by atoms with Crippen LogP contribution in [0.2, 0.25) is 0 Å². The van der Waals surface area contributed by atoms with E-state index in [1.54, 1.807) is 31.4 Å². The summed E-state index contributed by atoms with van der Waals surface area (Å²) in [5.74, 6) is 0.704. The number of aromatic nitrogens is 1. The number of rotatable bonds is 3. The van der Waals surface area contributed by atoms with Gasteiger partial charge in [-0.25, -0.2) is 4.98 Å². The normalized spacial score (nSPS) is 10.2. The summed E-state index contributed by atoms with van der Waals surface area (Å²) in [7, 11) is 1.54. The van der Waals surface area contributed by atoms with Crippen molar-refractivity contribution < 1.29 is 9.53 Å². The van der Waals surface area contributed by atoms with Crippen LogP contribution in [0.1, 0.15) is 10.4 Å². The van der Waals surface area contributed by atoms with E-state index < -0.39 is 0 Å². The average Bonchev–Trinajstić information content (AvgIpc) is 2.42. The number of carbonyl (C=O) groups excluding carboxylic acids is 1. The number of hydrogen-bond acceptors (Lipinski definition) is 4. The lowest BCUT2D eigenvalue weighted by atomic mass is 10.2. The second-order valence-corrected chi connectivity index (χ2v) is 5.61. The molecule has 1 aromatic heterocycles. The number of nitrogens with two attached hydrogens (primary N) is 1. The highest BCUT2D eigenvalue weighted by Crippen LogP contribution is 2.26. The van der Waals surface area contributed by atoms with Crippen molar-refractivity contribution in [2.24, 2.45) is 0 Å². The number of methoxy groups -OCH3 is 1. The van der Waals surface area contributed by atoms with E-state index in [1.165, 1.54) is 6.20 Å². The first-order valence-corrected chi connectivity index (χ1v) is 7.15. The zero-order chi connectivity index (χ0) is 14.7. The first-order valence-electron chi connectivity index (χ1n) is 5.57. The third-order valence-corrected chi connectivity index (χ3v) is 3.81. The molecule has 0 spiro atoms. The van der Waals surface area contributed by atoms with Gasteiger partial charge in [-0.3, -0.25) is 4.79 Å². The molecule has 0 saturated carbocycles. The minimum atomic E-state index is -0.297. The summed E-state index contributed by atoms with van der Waals surface area (Å²) in [6, 6.07) is 6.82. The Hall–Kier alpha value is -1.60. The molecular formula is C13H11Br2N3O2. The first kappa shape index (κ1) is 14.8. The maximum absolute atomic E-state index is 12.3. The standard InChI is InChI=1S/C13H11Br2N3O2/c1-20-8-2-3-10(14)9(5-8)13(19)18-12-11(15)4-7(16)6-17-12/h2-6H,16H2,1H3,(H,17,18,19). The molecule has 0 saturated heterocycles. The van der Waals surface area contributed by atoms with E-state index in [9.17, 15) is 4.79 Å². The molecule has 104 valence electrons. The Morgan fingerprint density at radius 2 is 2.05 bits per heavy atom. The number of hydrogen-bond donors (Lipinski definition) is 2. The maximum Gasteiger partial charge on any atom is 0.258 e. The number of nitrogen functional groups attached to an aromatic ring is 1. The van der Waals surface area contributed by atoms with Gasteiger partial charge in [0.15, 0.2) is 0 Å². The Morgan fingerprint density at radius 1 is 1.30 bits per heavy atom. The number of amides is 1. The fourth-order valence-electron chi connectivity index (χ4n) is 1.52. The van der Waals surface area contributed by atoms with Crippen molar-refractivity contribution in [2.75, 3.05) is 18.2 Å². The lowest BCUT2D eigenvalue weighted by molar-refractivity contribution is 0.102. The lowest BCUT2D eigenvalue weighted by Crippen LogP contribution is -2.14. The molecule has 0 aliphatic carbocycles. The van der Waals surface area contributed by atoms with Gasteiger partial charge in [0.25, 0.3) is 5.91 Å². The number of nitrogens with zero attached hydrogens (tertiary/aromatic N) is 1. The zero-order valence-corrected chi connectivity index (χ0v) is 13.7. The van der Waals surface area contributed by atoms with Crippen LogP contribution in [0.3, 0.4) is 0 Å². The van der Waals surface area contributed by atoms with Crippen LogP contribution in [0, 0.1) is 0 Å². The van der Waals surface area contributed by atoms with E-state index in [2.05, 4.69) is 42.2 Å². The highest BCUT2D eigenvalue weighted by molar-refractivity contribution is 9.11. The predicted octanol–water partition coefficient (Wildman–Crippen LogP) is 3.45. The molecule has 0 aliphatic heterocycles. The van der Waals surface area contributed by atoms with Gasteiger partial charge in [-0.05, 0) is 56.1 Å². The highest BCUT2D eigenvalue weighted by atomic mass is 79.9. The largest absolute Gasteiger partial charge is 0.497 e. The molecule has 2 aromatic rings. The van der Waals surface area contributed by atoms with Crippen molar-refractivity contribution in [2.45, 2.75) is 0 Å². The molecule has 0 aliphatic rings. The quantitative estimate of drug-likeness (QED) is 0.827. The van der Waals surface area contributed by atoms with Crippen molar-refractivity contribution in [1.29, 1.82) is 0 Å². The number of benzene rings is 1. The van der Waals surface area contributed by atoms with Crippen LogP contribution in [0.25, 0.3) is 0 Å². The molecule has 5 nitrogen and oxygen atoms in total. The van der Waals surface area contributed by atoms with Gasteiger partial charge in [0.1, 0.15) is 11.6 Å². The summed E-state index contributed by atoms with van der Waals surface area (Å²) in [5, 5.41) is 2.71. The van der Waals surface area contributed by atoms with Crippen LogP contribution in [-0.2, 0) is 0 Å². The Labute approximate surface area is 132 Å². The second kappa shape index (κ2) is 6.23. The molecule has 2 rings (SSSR count). The van der Waals surface area contributed by atoms with Crippen LogP contribution in [-0.4, -0.2) is 18.0 Å². The van der Waals surface area contributed by atoms with Gasteiger partial charge in [-0.2, -0.15) is 0 Å². The van der Waals surface area contributed by atoms with Gasteiger partial charge in [0, 0.05) is 4.47 Å². The fraction of sp³-hybridized carbons (Fsp3) is 0.0769. The summed E-state index contributed by atoms with van der Waals surface area (Å²) < 4.78 is 6.39. The predicted molar refractivity (Wildman–Crippen MR) is 85.0 cm³/mol. The molecule has 0 radical (unpaired) electrons. The van der Waals surface area contributed by atoms with E-state index in [0.717, 1.165) is 0 Å². The fourth-order valence-corrected chi connectivity index (χ4v) is 2.42. The van der Waals surface area contributed by atoms with Crippen molar-refractivity contribution in [3.8, 4) is 5.75 Å². The molecule has 3 N–H and O–H groups in total. The van der Waals surface area contributed by atoms with Crippen molar-refractivity contribution in [3.63, 3.8) is 0 Å². The van der Waals surface area contributed by atoms with Gasteiger partial charge in [0.2, 0.25) is 0 Å². The monoisotopic (exact) mass is 399 g/mol. The van der Waals surface area contributed by atoms with Crippen LogP contribution in [0.5, 0.6) is 5.75 Å². The van der Waals surface area contributed by atoms with Crippen molar-refractivity contribution in [3.05, 3.63) is 45.0 Å². The van der Waals surface area contributed by atoms with Gasteiger partial charge in [-0.1, -0.05) is 0 Å². The van der Waals surface area contributed by atoms with Crippen molar-refractivity contribution >= 4 is 49.3 Å². The molecule has 1 amide bonds. The molecule has 1 heterocycles. The highest BCUT2D eigenvalue weighted by Gasteiger charge is 2.13. The smallest absolute Gasteiger partial charge is 0.258 e. The minimum absolute atomic E-state index is 0.297. The third-order valence-electron chi connectivity index (χ3n) is 2.51. The topological polar surface area (TPSA) is 77.2 Å². The first-order chi connectivity index (χ1) is 9.51. The molecule has 0 unspecified atom stereocenters. The number of pyridine rings is 1. The van der Waals surface area contributed by atoms with Crippen LogP contribution in [0.15, 0.2) is 39.4 Å². The second-order valence-electron chi connectivity index (χ2n) is 3.90. The van der Waals surface area contributed by atoms with E-state index in [4.69, 9.17) is 10.5 Å². The van der Waals surface area contributed by atoms with Crippen LogP contribution in [0.4, 0.5) is 11.5 Å². The van der Waals surface area contributed by atoms with E-state index in [0.29, 0.717) is 31.8 Å². The molecule has 0 atom stereocenters. The summed E-state index contributed by atoms with van der Waals surface area (Å²) in [4.78, 5) is 16.3. The number of ether oxygens (including phenoxy) is 1. The Bertz CT molecular complexity index is 662. The summed E-state index contributed by atoms with van der Waals surface area (Å²) in [6.45, 7) is 0. The summed E-state index contributed by atoms with van der Waals surface area (Å²) in [6.07, 6.45) is 1.47. The Balaban J connectivity index is 2.28. The molecule has 0 fully saturated rings. The Kier molecular flexibility index (Phi) is 4.61. The minimum Gasteiger partial charge on any atom is -0.497 e. The SMILES string of the molecule is COc1ccc(Br)c(C(=O)Nc2ncc(N)cc2Br)c1. The van der Waals surface area contributed by atoms with Gasteiger partial charge in [0.05, 0.1) is 29.0 Å². The van der Waals surface area contributed by atoms with E-state index >= 15 is 0 Å². The molecule has 1 aromatic carbocycles.